The Bertz CT molecular complexity index is 475. The minimum Gasteiger partial charge on any atom is -0.481 e. The average Bonchev–Trinajstić information content (AvgIpc) is 2.49. The third-order valence-electron chi connectivity index (χ3n) is 4.23. The number of carboxylic acid groups (broad SMARTS) is 1. The van der Waals surface area contributed by atoms with Crippen LogP contribution in [0.2, 0.25) is 0 Å². The summed E-state index contributed by atoms with van der Waals surface area (Å²) < 4.78 is 0. The molecular weight excluding hydrogens is 266 g/mol. The van der Waals surface area contributed by atoms with Crippen molar-refractivity contribution < 1.29 is 14.7 Å². The van der Waals surface area contributed by atoms with Crippen molar-refractivity contribution >= 4 is 11.9 Å². The molecule has 1 aromatic rings. The van der Waals surface area contributed by atoms with E-state index in [1.54, 1.807) is 0 Å². The van der Waals surface area contributed by atoms with Gasteiger partial charge in [-0.15, -0.1) is 0 Å². The first kappa shape index (κ1) is 17.2. The number of aryl methyl sites for hydroxylation is 1. The summed E-state index contributed by atoms with van der Waals surface area (Å²) in [5.41, 5.74) is 1.32. The predicted octanol–water partition coefficient (Wildman–Crippen LogP) is 2.80. The van der Waals surface area contributed by atoms with Crippen LogP contribution in [0.1, 0.15) is 44.7 Å². The highest BCUT2D eigenvalue weighted by atomic mass is 16.4. The Labute approximate surface area is 126 Å². The van der Waals surface area contributed by atoms with Gasteiger partial charge in [0.2, 0.25) is 5.91 Å². The van der Waals surface area contributed by atoms with Crippen molar-refractivity contribution in [1.29, 1.82) is 0 Å². The molecule has 116 valence electrons. The standard InChI is InChI=1S/C17H25NO3/c1-4-13-7-9-14(10-8-13)11-15(19)18-12-17(5-2,6-3)16(20)21/h7-10H,4-6,11-12H2,1-3H3,(H,18,19)(H,20,21). The van der Waals surface area contributed by atoms with E-state index in [-0.39, 0.29) is 18.9 Å². The van der Waals surface area contributed by atoms with Gasteiger partial charge in [0.15, 0.2) is 0 Å². The van der Waals surface area contributed by atoms with Gasteiger partial charge in [-0.05, 0) is 30.4 Å². The van der Waals surface area contributed by atoms with Crippen LogP contribution >= 0.6 is 0 Å². The van der Waals surface area contributed by atoms with Crippen molar-refractivity contribution in [3.63, 3.8) is 0 Å². The van der Waals surface area contributed by atoms with E-state index >= 15 is 0 Å². The molecule has 0 saturated heterocycles. The molecule has 0 radical (unpaired) electrons. The molecule has 0 unspecified atom stereocenters. The number of carbonyl (C=O) groups is 2. The number of carboxylic acids is 1. The van der Waals surface area contributed by atoms with Gasteiger partial charge in [-0.25, -0.2) is 0 Å². The van der Waals surface area contributed by atoms with Crippen LogP contribution < -0.4 is 5.32 Å². The van der Waals surface area contributed by atoms with Crippen molar-refractivity contribution in [2.24, 2.45) is 5.41 Å². The second kappa shape index (κ2) is 7.81. The molecule has 4 heteroatoms. The molecule has 0 aliphatic heterocycles. The molecule has 4 nitrogen and oxygen atoms in total. The number of carbonyl (C=O) groups excluding carboxylic acids is 1. The monoisotopic (exact) mass is 291 g/mol. The summed E-state index contributed by atoms with van der Waals surface area (Å²) in [6, 6.07) is 7.93. The molecule has 0 heterocycles. The lowest BCUT2D eigenvalue weighted by Gasteiger charge is -2.26. The zero-order chi connectivity index (χ0) is 15.9. The minimum atomic E-state index is -0.859. The lowest BCUT2D eigenvalue weighted by atomic mass is 9.82. The minimum absolute atomic E-state index is 0.133. The molecule has 2 N–H and O–H groups in total. The van der Waals surface area contributed by atoms with Gasteiger partial charge in [-0.2, -0.15) is 0 Å². The SMILES string of the molecule is CCc1ccc(CC(=O)NCC(CC)(CC)C(=O)O)cc1. The second-order valence-corrected chi connectivity index (χ2v) is 5.42. The quantitative estimate of drug-likeness (QED) is 0.774. The highest BCUT2D eigenvalue weighted by Crippen LogP contribution is 2.25. The normalized spacial score (nSPS) is 11.2. The number of benzene rings is 1. The molecule has 0 fully saturated rings. The molecule has 0 atom stereocenters. The van der Waals surface area contributed by atoms with E-state index in [9.17, 15) is 14.7 Å². The van der Waals surface area contributed by atoms with Gasteiger partial charge >= 0.3 is 5.97 Å². The van der Waals surface area contributed by atoms with Crippen LogP contribution in [0.4, 0.5) is 0 Å². The number of hydrogen-bond acceptors (Lipinski definition) is 2. The largest absolute Gasteiger partial charge is 0.481 e. The molecule has 0 bridgehead atoms. The number of aliphatic carboxylic acids is 1. The Kier molecular flexibility index (Phi) is 6.40. The maximum Gasteiger partial charge on any atom is 0.311 e. The van der Waals surface area contributed by atoms with Crippen LogP contribution in [0.25, 0.3) is 0 Å². The van der Waals surface area contributed by atoms with Crippen LogP contribution in [-0.4, -0.2) is 23.5 Å². The van der Waals surface area contributed by atoms with Crippen molar-refractivity contribution in [1.82, 2.24) is 5.32 Å². The topological polar surface area (TPSA) is 66.4 Å². The lowest BCUT2D eigenvalue weighted by molar-refractivity contribution is -0.149. The summed E-state index contributed by atoms with van der Waals surface area (Å²) in [6.45, 7) is 5.95. The van der Waals surface area contributed by atoms with Gasteiger partial charge in [0.25, 0.3) is 0 Å². The molecule has 0 aromatic heterocycles. The van der Waals surface area contributed by atoms with E-state index in [4.69, 9.17) is 0 Å². The Morgan fingerprint density at radius 3 is 2.00 bits per heavy atom. The molecule has 1 rings (SSSR count). The van der Waals surface area contributed by atoms with E-state index in [1.807, 2.05) is 38.1 Å². The van der Waals surface area contributed by atoms with Gasteiger partial charge in [0.1, 0.15) is 0 Å². The van der Waals surface area contributed by atoms with E-state index < -0.39 is 11.4 Å². The summed E-state index contributed by atoms with van der Waals surface area (Å²) in [7, 11) is 0. The van der Waals surface area contributed by atoms with Crippen LogP contribution in [0, 0.1) is 5.41 Å². The number of amides is 1. The van der Waals surface area contributed by atoms with E-state index in [2.05, 4.69) is 12.2 Å². The summed E-state index contributed by atoms with van der Waals surface area (Å²) in [5.74, 6) is -0.980. The van der Waals surface area contributed by atoms with Crippen LogP contribution in [-0.2, 0) is 22.4 Å². The third kappa shape index (κ3) is 4.59. The van der Waals surface area contributed by atoms with Gasteiger partial charge in [0, 0.05) is 6.54 Å². The average molecular weight is 291 g/mol. The van der Waals surface area contributed by atoms with Gasteiger partial charge in [-0.3, -0.25) is 9.59 Å². The third-order valence-corrected chi connectivity index (χ3v) is 4.23. The Hall–Kier alpha value is -1.84. The molecule has 0 spiro atoms. The highest BCUT2D eigenvalue weighted by Gasteiger charge is 2.34. The lowest BCUT2D eigenvalue weighted by Crippen LogP contribution is -2.42. The second-order valence-electron chi connectivity index (χ2n) is 5.42. The van der Waals surface area contributed by atoms with Crippen LogP contribution in [0.5, 0.6) is 0 Å². The number of nitrogens with one attached hydrogen (secondary N) is 1. The molecule has 1 amide bonds. The van der Waals surface area contributed by atoms with Crippen molar-refractivity contribution in [3.8, 4) is 0 Å². The first-order valence-corrected chi connectivity index (χ1v) is 7.55. The molecule has 21 heavy (non-hydrogen) atoms. The van der Waals surface area contributed by atoms with E-state index in [1.165, 1.54) is 5.56 Å². The molecule has 0 saturated carbocycles. The van der Waals surface area contributed by atoms with Crippen LogP contribution in [0.15, 0.2) is 24.3 Å². The smallest absolute Gasteiger partial charge is 0.311 e. The number of hydrogen-bond donors (Lipinski definition) is 2. The van der Waals surface area contributed by atoms with E-state index in [0.29, 0.717) is 12.8 Å². The summed E-state index contributed by atoms with van der Waals surface area (Å²) in [6.07, 6.45) is 2.27. The number of rotatable bonds is 8. The van der Waals surface area contributed by atoms with Crippen molar-refractivity contribution in [2.75, 3.05) is 6.54 Å². The fourth-order valence-corrected chi connectivity index (χ4v) is 2.29. The Morgan fingerprint density at radius 2 is 1.57 bits per heavy atom. The summed E-state index contributed by atoms with van der Waals surface area (Å²) in [5, 5.41) is 12.1. The first-order chi connectivity index (χ1) is 9.97. The van der Waals surface area contributed by atoms with Crippen molar-refractivity contribution in [2.45, 2.75) is 46.5 Å². The zero-order valence-electron chi connectivity index (χ0n) is 13.1. The van der Waals surface area contributed by atoms with E-state index in [0.717, 1.165) is 12.0 Å². The Morgan fingerprint density at radius 1 is 1.05 bits per heavy atom. The maximum atomic E-state index is 12.0. The summed E-state index contributed by atoms with van der Waals surface area (Å²) in [4.78, 5) is 23.3. The maximum absolute atomic E-state index is 12.0. The molecule has 0 aliphatic carbocycles. The molecular formula is C17H25NO3. The highest BCUT2D eigenvalue weighted by molar-refractivity contribution is 5.80. The van der Waals surface area contributed by atoms with Gasteiger partial charge < -0.3 is 10.4 Å². The van der Waals surface area contributed by atoms with Crippen LogP contribution in [0.3, 0.4) is 0 Å². The first-order valence-electron chi connectivity index (χ1n) is 7.55. The zero-order valence-corrected chi connectivity index (χ0v) is 13.1. The molecule has 0 aliphatic rings. The fourth-order valence-electron chi connectivity index (χ4n) is 2.29. The van der Waals surface area contributed by atoms with Gasteiger partial charge in [0.05, 0.1) is 11.8 Å². The Balaban J connectivity index is 2.58. The predicted molar refractivity (Wildman–Crippen MR) is 83.2 cm³/mol. The molecule has 1 aromatic carbocycles. The fraction of sp³-hybridized carbons (Fsp3) is 0.529. The van der Waals surface area contributed by atoms with Gasteiger partial charge in [-0.1, -0.05) is 45.0 Å². The van der Waals surface area contributed by atoms with Crippen molar-refractivity contribution in [3.05, 3.63) is 35.4 Å². The summed E-state index contributed by atoms with van der Waals surface area (Å²) >= 11 is 0.